The molecule has 0 aliphatic heterocycles. The molecule has 17 heavy (non-hydrogen) atoms. The Morgan fingerprint density at radius 1 is 1.00 bits per heavy atom. The molecule has 2 aromatic rings. The second kappa shape index (κ2) is 5.33. The molecule has 0 spiro atoms. The van der Waals surface area contributed by atoms with Crippen molar-refractivity contribution in [3.8, 4) is 0 Å². The van der Waals surface area contributed by atoms with Gasteiger partial charge < -0.3 is 4.90 Å². The molecule has 0 bridgehead atoms. The number of nitrogens with zero attached hydrogens (tertiary/aromatic N) is 1. The van der Waals surface area contributed by atoms with Gasteiger partial charge in [-0.25, -0.2) is 0 Å². The topological polar surface area (TPSA) is 3.24 Å². The summed E-state index contributed by atoms with van der Waals surface area (Å²) in [4.78, 5) is 2.38. The summed E-state index contributed by atoms with van der Waals surface area (Å²) in [5.41, 5.74) is 1.40. The van der Waals surface area contributed by atoms with Gasteiger partial charge in [0.25, 0.3) is 0 Å². The van der Waals surface area contributed by atoms with Crippen LogP contribution in [0, 0.1) is 5.92 Å². The first-order chi connectivity index (χ1) is 8.15. The molecule has 0 aliphatic carbocycles. The minimum Gasteiger partial charge on any atom is -0.302 e. The highest BCUT2D eigenvalue weighted by atomic mass is 15.1. The summed E-state index contributed by atoms with van der Waals surface area (Å²) in [6.45, 7) is 6.70. The molecule has 0 saturated carbocycles. The van der Waals surface area contributed by atoms with E-state index >= 15 is 0 Å². The lowest BCUT2D eigenvalue weighted by Gasteiger charge is -2.19. The summed E-state index contributed by atoms with van der Waals surface area (Å²) < 4.78 is 0. The molecular weight excluding hydrogens is 206 g/mol. The third kappa shape index (κ3) is 3.31. The number of benzene rings is 2. The Bertz CT molecular complexity index is 488. The van der Waals surface area contributed by atoms with Crippen LogP contribution in [0.1, 0.15) is 19.4 Å². The monoisotopic (exact) mass is 227 g/mol. The fraction of sp³-hybridized carbons (Fsp3) is 0.375. The van der Waals surface area contributed by atoms with Crippen LogP contribution in [-0.2, 0) is 6.54 Å². The Hall–Kier alpha value is -1.34. The van der Waals surface area contributed by atoms with Gasteiger partial charge in [-0.1, -0.05) is 50.2 Å². The van der Waals surface area contributed by atoms with Gasteiger partial charge in [-0.15, -0.1) is 0 Å². The maximum atomic E-state index is 2.38. The first-order valence-electron chi connectivity index (χ1n) is 6.31. The quantitative estimate of drug-likeness (QED) is 0.765. The van der Waals surface area contributed by atoms with Crippen LogP contribution < -0.4 is 0 Å². The van der Waals surface area contributed by atoms with E-state index in [1.807, 2.05) is 0 Å². The van der Waals surface area contributed by atoms with Gasteiger partial charge in [0.2, 0.25) is 0 Å². The second-order valence-electron chi connectivity index (χ2n) is 5.27. The van der Waals surface area contributed by atoms with Crippen molar-refractivity contribution in [1.29, 1.82) is 0 Å². The van der Waals surface area contributed by atoms with Crippen molar-refractivity contribution in [1.82, 2.24) is 4.90 Å². The Kier molecular flexibility index (Phi) is 3.80. The highest BCUT2D eigenvalue weighted by Gasteiger charge is 2.03. The van der Waals surface area contributed by atoms with E-state index < -0.39 is 0 Å². The number of hydrogen-bond acceptors (Lipinski definition) is 1. The summed E-state index contributed by atoms with van der Waals surface area (Å²) in [6, 6.07) is 15.3. The van der Waals surface area contributed by atoms with Gasteiger partial charge in [-0.05, 0) is 35.4 Å². The number of hydrogen-bond donors (Lipinski definition) is 0. The van der Waals surface area contributed by atoms with Crippen LogP contribution in [-0.4, -0.2) is 18.5 Å². The van der Waals surface area contributed by atoms with Gasteiger partial charge in [0.15, 0.2) is 0 Å². The molecular formula is C16H21N. The van der Waals surface area contributed by atoms with Crippen LogP contribution in [0.4, 0.5) is 0 Å². The molecule has 0 heterocycles. The average molecular weight is 227 g/mol. The van der Waals surface area contributed by atoms with Crippen LogP contribution in [0.15, 0.2) is 42.5 Å². The van der Waals surface area contributed by atoms with Crippen LogP contribution in [0.2, 0.25) is 0 Å². The molecule has 2 aromatic carbocycles. The Morgan fingerprint density at radius 2 is 1.71 bits per heavy atom. The molecule has 0 N–H and O–H groups in total. The van der Waals surface area contributed by atoms with E-state index in [4.69, 9.17) is 0 Å². The van der Waals surface area contributed by atoms with E-state index in [1.165, 1.54) is 16.3 Å². The number of rotatable bonds is 4. The summed E-state index contributed by atoms with van der Waals surface area (Å²) in [6.07, 6.45) is 0. The molecule has 0 aromatic heterocycles. The summed E-state index contributed by atoms with van der Waals surface area (Å²) in [7, 11) is 2.19. The molecule has 2 rings (SSSR count). The maximum absolute atomic E-state index is 2.38. The molecule has 0 unspecified atom stereocenters. The lowest BCUT2D eigenvalue weighted by atomic mass is 10.1. The van der Waals surface area contributed by atoms with Crippen molar-refractivity contribution < 1.29 is 0 Å². The van der Waals surface area contributed by atoms with Gasteiger partial charge in [-0.3, -0.25) is 0 Å². The lowest BCUT2D eigenvalue weighted by molar-refractivity contribution is 0.288. The lowest BCUT2D eigenvalue weighted by Crippen LogP contribution is -2.22. The second-order valence-corrected chi connectivity index (χ2v) is 5.27. The molecule has 0 saturated heterocycles. The van der Waals surface area contributed by atoms with Crippen LogP contribution in [0.5, 0.6) is 0 Å². The van der Waals surface area contributed by atoms with Crippen molar-refractivity contribution in [3.63, 3.8) is 0 Å². The molecule has 0 aliphatic rings. The van der Waals surface area contributed by atoms with Crippen molar-refractivity contribution in [2.24, 2.45) is 5.92 Å². The fourth-order valence-corrected chi connectivity index (χ4v) is 2.34. The van der Waals surface area contributed by atoms with Crippen LogP contribution >= 0.6 is 0 Å². The Labute approximate surface area is 104 Å². The zero-order valence-electron chi connectivity index (χ0n) is 11.0. The van der Waals surface area contributed by atoms with Crippen LogP contribution in [0.25, 0.3) is 10.8 Å². The minimum atomic E-state index is 0.723. The molecule has 0 fully saturated rings. The zero-order valence-corrected chi connectivity index (χ0v) is 11.0. The highest BCUT2D eigenvalue weighted by Crippen LogP contribution is 2.16. The van der Waals surface area contributed by atoms with Gasteiger partial charge in [-0.2, -0.15) is 0 Å². The third-order valence-electron chi connectivity index (χ3n) is 2.94. The molecule has 90 valence electrons. The van der Waals surface area contributed by atoms with Crippen molar-refractivity contribution in [2.45, 2.75) is 20.4 Å². The van der Waals surface area contributed by atoms with E-state index in [0.717, 1.165) is 19.0 Å². The van der Waals surface area contributed by atoms with Gasteiger partial charge in [0.1, 0.15) is 0 Å². The summed E-state index contributed by atoms with van der Waals surface area (Å²) in [5.74, 6) is 0.723. The van der Waals surface area contributed by atoms with Crippen molar-refractivity contribution in [2.75, 3.05) is 13.6 Å². The van der Waals surface area contributed by atoms with E-state index in [9.17, 15) is 0 Å². The molecule has 1 heteroatoms. The minimum absolute atomic E-state index is 0.723. The van der Waals surface area contributed by atoms with E-state index in [1.54, 1.807) is 0 Å². The van der Waals surface area contributed by atoms with E-state index in [-0.39, 0.29) is 0 Å². The number of fused-ring (bicyclic) bond motifs is 1. The smallest absolute Gasteiger partial charge is 0.0231 e. The molecule has 1 nitrogen and oxygen atoms in total. The van der Waals surface area contributed by atoms with Gasteiger partial charge >= 0.3 is 0 Å². The summed E-state index contributed by atoms with van der Waals surface area (Å²) >= 11 is 0. The molecule has 0 amide bonds. The maximum Gasteiger partial charge on any atom is 0.0231 e. The normalized spacial score (nSPS) is 11.6. The van der Waals surface area contributed by atoms with E-state index in [2.05, 4.69) is 68.3 Å². The van der Waals surface area contributed by atoms with Crippen LogP contribution in [0.3, 0.4) is 0 Å². The summed E-state index contributed by atoms with van der Waals surface area (Å²) in [5, 5.41) is 2.66. The Morgan fingerprint density at radius 3 is 2.41 bits per heavy atom. The zero-order chi connectivity index (χ0) is 12.3. The van der Waals surface area contributed by atoms with Crippen molar-refractivity contribution >= 4 is 10.8 Å². The van der Waals surface area contributed by atoms with Crippen molar-refractivity contribution in [3.05, 3.63) is 48.0 Å². The largest absolute Gasteiger partial charge is 0.302 e. The molecule has 0 atom stereocenters. The first-order valence-corrected chi connectivity index (χ1v) is 6.31. The SMILES string of the molecule is CC(C)CN(C)Cc1ccc2ccccc2c1. The van der Waals surface area contributed by atoms with E-state index in [0.29, 0.717) is 0 Å². The Balaban J connectivity index is 2.14. The fourth-order valence-electron chi connectivity index (χ4n) is 2.34. The van der Waals surface area contributed by atoms with Gasteiger partial charge in [0.05, 0.1) is 0 Å². The predicted molar refractivity (Wildman–Crippen MR) is 75.1 cm³/mol. The third-order valence-corrected chi connectivity index (χ3v) is 2.94. The first kappa shape index (κ1) is 12.1. The average Bonchev–Trinajstić information content (AvgIpc) is 2.27. The highest BCUT2D eigenvalue weighted by molar-refractivity contribution is 5.82. The standard InChI is InChI=1S/C16H21N/c1-13(2)11-17(3)12-14-8-9-15-6-4-5-7-16(15)10-14/h4-10,13H,11-12H2,1-3H3. The van der Waals surface area contributed by atoms with Gasteiger partial charge in [0, 0.05) is 13.1 Å². The predicted octanol–water partition coefficient (Wildman–Crippen LogP) is 3.93. The molecule has 0 radical (unpaired) electrons.